The minimum atomic E-state index is -0.00247. The highest BCUT2D eigenvalue weighted by Crippen LogP contribution is 2.21. The van der Waals surface area contributed by atoms with Crippen LogP contribution in [0.25, 0.3) is 11.3 Å². The molecule has 1 aromatic heterocycles. The summed E-state index contributed by atoms with van der Waals surface area (Å²) in [4.78, 5) is 16.2. The lowest BCUT2D eigenvalue weighted by molar-refractivity contribution is -0.117. The van der Waals surface area contributed by atoms with Crippen LogP contribution in [0.15, 0.2) is 34.9 Å². The molecule has 0 aliphatic rings. The molecular weight excluding hydrogens is 266 g/mol. The maximum atomic E-state index is 11.9. The summed E-state index contributed by atoms with van der Waals surface area (Å²) in [5.41, 5.74) is 8.14. The van der Waals surface area contributed by atoms with Crippen LogP contribution in [0.3, 0.4) is 0 Å². The number of oxazole rings is 1. The Hall–Kier alpha value is -2.14. The van der Waals surface area contributed by atoms with Crippen molar-refractivity contribution in [1.82, 2.24) is 4.98 Å². The van der Waals surface area contributed by atoms with Crippen LogP contribution < -0.4 is 11.1 Å². The summed E-state index contributed by atoms with van der Waals surface area (Å²) in [5, 5.41) is 2.89. The number of carbonyl (C=O) groups is 1. The van der Waals surface area contributed by atoms with Gasteiger partial charge in [0.05, 0.1) is 0 Å². The van der Waals surface area contributed by atoms with Gasteiger partial charge in [-0.05, 0) is 24.6 Å². The minimum absolute atomic E-state index is 0.00247. The molecule has 0 aliphatic heterocycles. The standard InChI is InChI=1S/C16H21N3O2/c1-3-12(9-17)8-16(20)19-14-6-4-13(5-7-14)15-10-21-11(2)18-15/h4-7,10,12H,3,8-9,17H2,1-2H3,(H,19,20). The van der Waals surface area contributed by atoms with Crippen LogP contribution in [0.4, 0.5) is 5.69 Å². The van der Waals surface area contributed by atoms with Crippen molar-refractivity contribution in [2.45, 2.75) is 26.7 Å². The molecule has 0 spiro atoms. The van der Waals surface area contributed by atoms with Crippen molar-refractivity contribution in [1.29, 1.82) is 0 Å². The van der Waals surface area contributed by atoms with Gasteiger partial charge in [0, 0.05) is 24.6 Å². The first kappa shape index (κ1) is 15.3. The van der Waals surface area contributed by atoms with E-state index in [-0.39, 0.29) is 11.8 Å². The van der Waals surface area contributed by atoms with Gasteiger partial charge in [0.15, 0.2) is 5.89 Å². The molecule has 0 saturated heterocycles. The Morgan fingerprint density at radius 2 is 2.10 bits per heavy atom. The molecule has 0 saturated carbocycles. The van der Waals surface area contributed by atoms with Gasteiger partial charge in [-0.25, -0.2) is 4.98 Å². The third kappa shape index (κ3) is 4.16. The molecule has 0 aliphatic carbocycles. The molecule has 2 rings (SSSR count). The number of aromatic nitrogens is 1. The molecule has 3 N–H and O–H groups in total. The van der Waals surface area contributed by atoms with E-state index in [4.69, 9.17) is 10.2 Å². The largest absolute Gasteiger partial charge is 0.449 e. The van der Waals surface area contributed by atoms with Crippen LogP contribution in [0, 0.1) is 12.8 Å². The van der Waals surface area contributed by atoms with Crippen LogP contribution in [0.5, 0.6) is 0 Å². The van der Waals surface area contributed by atoms with E-state index in [1.165, 1.54) is 0 Å². The van der Waals surface area contributed by atoms with E-state index in [0.29, 0.717) is 18.9 Å². The van der Waals surface area contributed by atoms with Crippen LogP contribution in [0.1, 0.15) is 25.7 Å². The zero-order chi connectivity index (χ0) is 15.2. The molecule has 1 heterocycles. The fraction of sp³-hybridized carbons (Fsp3) is 0.375. The maximum absolute atomic E-state index is 11.9. The Morgan fingerprint density at radius 3 is 2.62 bits per heavy atom. The maximum Gasteiger partial charge on any atom is 0.224 e. The van der Waals surface area contributed by atoms with Crippen LogP contribution in [0.2, 0.25) is 0 Å². The monoisotopic (exact) mass is 287 g/mol. The number of nitrogens with two attached hydrogens (primary N) is 1. The van der Waals surface area contributed by atoms with Gasteiger partial charge in [-0.15, -0.1) is 0 Å². The van der Waals surface area contributed by atoms with E-state index in [1.54, 1.807) is 13.2 Å². The number of anilines is 1. The molecule has 112 valence electrons. The first-order chi connectivity index (χ1) is 10.1. The van der Waals surface area contributed by atoms with E-state index >= 15 is 0 Å². The van der Waals surface area contributed by atoms with E-state index in [9.17, 15) is 4.79 Å². The molecular formula is C16H21N3O2. The van der Waals surface area contributed by atoms with Crippen molar-refractivity contribution in [3.05, 3.63) is 36.4 Å². The molecule has 21 heavy (non-hydrogen) atoms. The summed E-state index contributed by atoms with van der Waals surface area (Å²) >= 11 is 0. The van der Waals surface area contributed by atoms with Crippen molar-refractivity contribution >= 4 is 11.6 Å². The summed E-state index contributed by atoms with van der Waals surface area (Å²) in [6, 6.07) is 7.54. The Morgan fingerprint density at radius 1 is 1.38 bits per heavy atom. The normalized spacial score (nSPS) is 12.1. The Kier molecular flexibility index (Phi) is 5.11. The van der Waals surface area contributed by atoms with E-state index in [2.05, 4.69) is 10.3 Å². The Balaban J connectivity index is 1.98. The number of hydrogen-bond donors (Lipinski definition) is 2. The highest BCUT2D eigenvalue weighted by atomic mass is 16.3. The fourth-order valence-electron chi connectivity index (χ4n) is 2.09. The van der Waals surface area contributed by atoms with Crippen LogP contribution in [-0.2, 0) is 4.79 Å². The molecule has 1 amide bonds. The van der Waals surface area contributed by atoms with Gasteiger partial charge in [-0.3, -0.25) is 4.79 Å². The highest BCUT2D eigenvalue weighted by Gasteiger charge is 2.11. The second-order valence-corrected chi connectivity index (χ2v) is 5.09. The predicted molar refractivity (Wildman–Crippen MR) is 82.8 cm³/mol. The average Bonchev–Trinajstić information content (AvgIpc) is 2.92. The average molecular weight is 287 g/mol. The summed E-state index contributed by atoms with van der Waals surface area (Å²) in [6.45, 7) is 4.38. The third-order valence-corrected chi connectivity index (χ3v) is 3.47. The van der Waals surface area contributed by atoms with Gasteiger partial charge >= 0.3 is 0 Å². The number of amides is 1. The number of nitrogens with one attached hydrogen (secondary N) is 1. The molecule has 0 bridgehead atoms. The first-order valence-corrected chi connectivity index (χ1v) is 7.14. The van der Waals surface area contributed by atoms with Crippen molar-refractivity contribution in [3.63, 3.8) is 0 Å². The topological polar surface area (TPSA) is 81.2 Å². The number of aryl methyl sites for hydroxylation is 1. The molecule has 1 unspecified atom stereocenters. The van der Waals surface area contributed by atoms with Crippen molar-refractivity contribution < 1.29 is 9.21 Å². The van der Waals surface area contributed by atoms with Gasteiger partial charge in [0.25, 0.3) is 0 Å². The Labute approximate surface area is 124 Å². The van der Waals surface area contributed by atoms with E-state index in [1.807, 2.05) is 31.2 Å². The van der Waals surface area contributed by atoms with Gasteiger partial charge in [-0.1, -0.05) is 25.5 Å². The lowest BCUT2D eigenvalue weighted by atomic mass is 10.0. The molecule has 5 heteroatoms. The zero-order valence-electron chi connectivity index (χ0n) is 12.4. The number of hydrogen-bond acceptors (Lipinski definition) is 4. The second-order valence-electron chi connectivity index (χ2n) is 5.09. The van der Waals surface area contributed by atoms with E-state index in [0.717, 1.165) is 23.4 Å². The molecule has 0 radical (unpaired) electrons. The fourth-order valence-corrected chi connectivity index (χ4v) is 2.09. The second kappa shape index (κ2) is 7.04. The number of rotatable bonds is 6. The quantitative estimate of drug-likeness (QED) is 0.855. The summed E-state index contributed by atoms with van der Waals surface area (Å²) in [5.74, 6) is 0.870. The van der Waals surface area contributed by atoms with Crippen LogP contribution in [-0.4, -0.2) is 17.4 Å². The molecule has 0 fully saturated rings. The van der Waals surface area contributed by atoms with Gasteiger partial charge in [-0.2, -0.15) is 0 Å². The van der Waals surface area contributed by atoms with Crippen LogP contribution >= 0.6 is 0 Å². The number of benzene rings is 1. The lowest BCUT2D eigenvalue weighted by Crippen LogP contribution is -2.21. The van der Waals surface area contributed by atoms with Gasteiger partial charge in [0.1, 0.15) is 12.0 Å². The summed E-state index contributed by atoms with van der Waals surface area (Å²) < 4.78 is 5.19. The molecule has 1 aromatic carbocycles. The van der Waals surface area contributed by atoms with Gasteiger partial charge < -0.3 is 15.5 Å². The van der Waals surface area contributed by atoms with Crippen molar-refractivity contribution in [2.24, 2.45) is 11.7 Å². The zero-order valence-corrected chi connectivity index (χ0v) is 12.4. The summed E-state index contributed by atoms with van der Waals surface area (Å²) in [6.07, 6.45) is 2.99. The summed E-state index contributed by atoms with van der Waals surface area (Å²) in [7, 11) is 0. The third-order valence-electron chi connectivity index (χ3n) is 3.47. The number of nitrogens with zero attached hydrogens (tertiary/aromatic N) is 1. The smallest absolute Gasteiger partial charge is 0.224 e. The minimum Gasteiger partial charge on any atom is -0.449 e. The molecule has 2 aromatic rings. The first-order valence-electron chi connectivity index (χ1n) is 7.14. The molecule has 1 atom stereocenters. The highest BCUT2D eigenvalue weighted by molar-refractivity contribution is 5.91. The van der Waals surface area contributed by atoms with Crippen molar-refractivity contribution in [3.8, 4) is 11.3 Å². The predicted octanol–water partition coefficient (Wildman–Crippen LogP) is 2.96. The lowest BCUT2D eigenvalue weighted by Gasteiger charge is -2.12. The SMILES string of the molecule is CCC(CN)CC(=O)Nc1ccc(-c2coc(C)n2)cc1. The van der Waals surface area contributed by atoms with Crippen molar-refractivity contribution in [2.75, 3.05) is 11.9 Å². The Bertz CT molecular complexity index is 586. The van der Waals surface area contributed by atoms with E-state index < -0.39 is 0 Å². The number of carbonyl (C=O) groups excluding carboxylic acids is 1. The molecule has 5 nitrogen and oxygen atoms in total. The van der Waals surface area contributed by atoms with Gasteiger partial charge in [0.2, 0.25) is 5.91 Å².